The topological polar surface area (TPSA) is 62.5 Å². The lowest BCUT2D eigenvalue weighted by atomic mass is 10.1. The first kappa shape index (κ1) is 19.7. The van der Waals surface area contributed by atoms with Crippen LogP contribution in [0.4, 0.5) is 18.0 Å². The second-order valence-electron chi connectivity index (χ2n) is 6.48. The van der Waals surface area contributed by atoms with Crippen LogP contribution in [0, 0.1) is 12.3 Å². The first-order valence-corrected chi connectivity index (χ1v) is 8.82. The molecule has 0 bridgehead atoms. The molecule has 1 aromatic heterocycles. The average Bonchev–Trinajstić information content (AvgIpc) is 3.37. The highest BCUT2D eigenvalue weighted by Crippen LogP contribution is 2.30. The van der Waals surface area contributed by atoms with Gasteiger partial charge in [0.25, 0.3) is 0 Å². The Morgan fingerprint density at radius 1 is 1.32 bits per heavy atom. The zero-order valence-corrected chi connectivity index (χ0v) is 15.2. The lowest BCUT2D eigenvalue weighted by Crippen LogP contribution is -2.44. The molecule has 28 heavy (non-hydrogen) atoms. The molecule has 1 fully saturated rings. The molecule has 1 saturated carbocycles. The van der Waals surface area contributed by atoms with Crippen LogP contribution in [0.25, 0.3) is 11.4 Å². The second-order valence-corrected chi connectivity index (χ2v) is 6.48. The maximum absolute atomic E-state index is 12.8. The van der Waals surface area contributed by atoms with Crippen LogP contribution >= 0.6 is 0 Å². The van der Waals surface area contributed by atoms with Gasteiger partial charge in [-0.05, 0) is 25.3 Å². The van der Waals surface area contributed by atoms with E-state index in [-0.39, 0.29) is 24.4 Å². The normalized spacial score (nSPS) is 13.8. The summed E-state index contributed by atoms with van der Waals surface area (Å²) in [5, 5.41) is 3.36. The number of halogens is 3. The number of carbonyl (C=O) groups excluding carboxylic acids is 1. The van der Waals surface area contributed by atoms with Gasteiger partial charge in [-0.3, -0.25) is 0 Å². The van der Waals surface area contributed by atoms with Crippen molar-refractivity contribution < 1.29 is 22.5 Å². The highest BCUT2D eigenvalue weighted by atomic mass is 19.4. The Bertz CT molecular complexity index is 867. The monoisotopic (exact) mass is 392 g/mol. The summed E-state index contributed by atoms with van der Waals surface area (Å²) in [5.41, 5.74) is 1.22. The minimum atomic E-state index is -4.68. The van der Waals surface area contributed by atoms with Crippen molar-refractivity contribution in [1.29, 1.82) is 0 Å². The van der Waals surface area contributed by atoms with Gasteiger partial charge in [0.1, 0.15) is 0 Å². The van der Waals surface area contributed by atoms with Gasteiger partial charge in [0, 0.05) is 24.7 Å². The average molecular weight is 392 g/mol. The molecule has 1 aliphatic rings. The van der Waals surface area contributed by atoms with Crippen molar-refractivity contribution in [1.82, 2.24) is 19.9 Å². The zero-order valence-electron chi connectivity index (χ0n) is 15.2. The van der Waals surface area contributed by atoms with Crippen LogP contribution in [0.2, 0.25) is 0 Å². The maximum Gasteiger partial charge on any atom is 0.471 e. The van der Waals surface area contributed by atoms with E-state index in [0.29, 0.717) is 18.7 Å². The Balaban J connectivity index is 1.69. The first-order valence-electron chi connectivity index (χ1n) is 8.82. The third-order valence-corrected chi connectivity index (χ3v) is 4.40. The largest absolute Gasteiger partial charge is 0.471 e. The van der Waals surface area contributed by atoms with E-state index in [0.717, 1.165) is 18.4 Å². The van der Waals surface area contributed by atoms with Crippen molar-refractivity contribution in [2.75, 3.05) is 13.1 Å². The van der Waals surface area contributed by atoms with E-state index in [1.807, 2.05) is 6.92 Å². The lowest BCUT2D eigenvalue weighted by molar-refractivity contribution is -0.159. The van der Waals surface area contributed by atoms with Gasteiger partial charge in [0.15, 0.2) is 0 Å². The molecule has 2 aromatic rings. The molecule has 0 radical (unpaired) electrons. The molecule has 0 unspecified atom stereocenters. The van der Waals surface area contributed by atoms with Gasteiger partial charge in [-0.1, -0.05) is 35.3 Å². The molecule has 0 atom stereocenters. The molecule has 2 amide bonds. The van der Waals surface area contributed by atoms with Crippen LogP contribution < -0.4 is 0 Å². The van der Waals surface area contributed by atoms with Crippen LogP contribution in [0.15, 0.2) is 28.8 Å². The molecular weight excluding hydrogens is 373 g/mol. The van der Waals surface area contributed by atoms with Crippen LogP contribution in [0.3, 0.4) is 0 Å². The molecule has 3 rings (SSSR count). The zero-order chi connectivity index (χ0) is 20.3. The van der Waals surface area contributed by atoms with Crippen molar-refractivity contribution in [2.24, 2.45) is 0 Å². The molecule has 9 heteroatoms. The summed E-state index contributed by atoms with van der Waals surface area (Å²) in [6, 6.07) is 6.73. The van der Waals surface area contributed by atoms with Gasteiger partial charge < -0.3 is 14.3 Å². The highest BCUT2D eigenvalue weighted by Gasteiger charge is 2.38. The molecule has 1 heterocycles. The fourth-order valence-corrected chi connectivity index (χ4v) is 2.77. The van der Waals surface area contributed by atoms with Gasteiger partial charge in [-0.25, -0.2) is 4.79 Å². The fraction of sp³-hybridized carbons (Fsp3) is 0.421. The third kappa shape index (κ3) is 4.44. The molecule has 1 aliphatic carbocycles. The van der Waals surface area contributed by atoms with Gasteiger partial charge in [0.2, 0.25) is 5.82 Å². The number of hydrogen-bond acceptors (Lipinski definition) is 4. The van der Waals surface area contributed by atoms with Crippen LogP contribution in [0.5, 0.6) is 0 Å². The van der Waals surface area contributed by atoms with E-state index in [4.69, 9.17) is 6.42 Å². The SMILES string of the molecule is C#CCN(C(=O)N(CC)Cc1ccc(-c2noc(C(F)(F)F)n2)cc1)C1CC1. The van der Waals surface area contributed by atoms with Crippen LogP contribution in [0.1, 0.15) is 31.2 Å². The highest BCUT2D eigenvalue weighted by molar-refractivity contribution is 5.75. The third-order valence-electron chi connectivity index (χ3n) is 4.40. The molecular formula is C19H19F3N4O2. The molecule has 0 spiro atoms. The van der Waals surface area contributed by atoms with Crippen molar-refractivity contribution >= 4 is 6.03 Å². The fourth-order valence-electron chi connectivity index (χ4n) is 2.77. The quantitative estimate of drug-likeness (QED) is 0.702. The Labute approximate surface area is 160 Å². The van der Waals surface area contributed by atoms with Gasteiger partial charge in [0.05, 0.1) is 6.54 Å². The predicted molar refractivity (Wildman–Crippen MR) is 94.8 cm³/mol. The number of nitrogens with zero attached hydrogens (tertiary/aromatic N) is 4. The summed E-state index contributed by atoms with van der Waals surface area (Å²) in [6.45, 7) is 3.03. The van der Waals surface area contributed by atoms with E-state index < -0.39 is 12.1 Å². The minimum Gasteiger partial charge on any atom is -0.329 e. The summed E-state index contributed by atoms with van der Waals surface area (Å²) < 4.78 is 42.0. The van der Waals surface area contributed by atoms with Gasteiger partial charge in [-0.15, -0.1) is 6.42 Å². The molecule has 0 aliphatic heterocycles. The van der Waals surface area contributed by atoms with Crippen molar-refractivity contribution in [3.05, 3.63) is 35.7 Å². The number of rotatable bonds is 6. The Morgan fingerprint density at radius 3 is 2.50 bits per heavy atom. The Hall–Kier alpha value is -3.02. The number of alkyl halides is 3. The standard InChI is InChI=1S/C19H19F3N4O2/c1-3-11-26(15-9-10-15)18(27)25(4-2)12-13-5-7-14(8-6-13)16-23-17(28-24-16)19(20,21)22/h1,5-8,15H,4,9-12H2,2H3. The van der Waals surface area contributed by atoms with E-state index in [1.165, 1.54) is 0 Å². The number of hydrogen-bond donors (Lipinski definition) is 0. The van der Waals surface area contributed by atoms with Crippen molar-refractivity contribution in [2.45, 2.75) is 38.5 Å². The van der Waals surface area contributed by atoms with E-state index in [2.05, 4.69) is 20.6 Å². The summed E-state index contributed by atoms with van der Waals surface area (Å²) in [5.74, 6) is 0.998. The van der Waals surface area contributed by atoms with Gasteiger partial charge >= 0.3 is 18.1 Å². The molecule has 0 saturated heterocycles. The van der Waals surface area contributed by atoms with Crippen molar-refractivity contribution in [3.63, 3.8) is 0 Å². The van der Waals surface area contributed by atoms with Crippen molar-refractivity contribution in [3.8, 4) is 23.7 Å². The predicted octanol–water partition coefficient (Wildman–Crippen LogP) is 3.79. The van der Waals surface area contributed by atoms with Crippen LogP contribution in [-0.2, 0) is 12.7 Å². The summed E-state index contributed by atoms with van der Waals surface area (Å²) >= 11 is 0. The van der Waals surface area contributed by atoms with Crippen LogP contribution in [-0.4, -0.2) is 45.1 Å². The Kier molecular flexibility index (Phi) is 5.58. The van der Waals surface area contributed by atoms with E-state index in [9.17, 15) is 18.0 Å². The second kappa shape index (κ2) is 7.92. The molecule has 6 nitrogen and oxygen atoms in total. The minimum absolute atomic E-state index is 0.111. The molecule has 1 aromatic carbocycles. The number of amides is 2. The number of urea groups is 1. The number of benzene rings is 1. The molecule has 148 valence electrons. The van der Waals surface area contributed by atoms with E-state index in [1.54, 1.807) is 34.1 Å². The smallest absolute Gasteiger partial charge is 0.329 e. The number of terminal acetylenes is 1. The summed E-state index contributed by atoms with van der Waals surface area (Å²) in [7, 11) is 0. The van der Waals surface area contributed by atoms with Gasteiger partial charge in [-0.2, -0.15) is 18.2 Å². The summed E-state index contributed by atoms with van der Waals surface area (Å²) in [4.78, 5) is 19.5. The lowest BCUT2D eigenvalue weighted by Gasteiger charge is -2.29. The maximum atomic E-state index is 12.8. The number of aromatic nitrogens is 2. The Morgan fingerprint density at radius 2 is 2.00 bits per heavy atom. The molecule has 0 N–H and O–H groups in total. The number of carbonyl (C=O) groups is 1. The van der Waals surface area contributed by atoms with E-state index >= 15 is 0 Å². The first-order chi connectivity index (χ1) is 13.3. The summed E-state index contributed by atoms with van der Waals surface area (Å²) in [6.07, 6.45) is 2.62.